The van der Waals surface area contributed by atoms with Gasteiger partial charge in [-0.25, -0.2) is 0 Å². The van der Waals surface area contributed by atoms with Crippen LogP contribution in [0.1, 0.15) is 35.1 Å². The summed E-state index contributed by atoms with van der Waals surface area (Å²) in [6, 6.07) is 29.4. The van der Waals surface area contributed by atoms with Crippen LogP contribution >= 0.6 is 0 Å². The zero-order valence-electron chi connectivity index (χ0n) is 23.0. The highest BCUT2D eigenvalue weighted by molar-refractivity contribution is 6.12. The minimum absolute atomic E-state index is 0.00629. The first-order valence-electron chi connectivity index (χ1n) is 13.4. The molecule has 0 spiro atoms. The van der Waals surface area contributed by atoms with Gasteiger partial charge in [-0.15, -0.1) is 0 Å². The molecule has 2 aliphatic rings. The topological polar surface area (TPSA) is 179 Å². The Morgan fingerprint density at radius 1 is 0.523 bits per heavy atom. The van der Waals surface area contributed by atoms with E-state index >= 15 is 0 Å². The molecule has 2 aliphatic heterocycles. The van der Waals surface area contributed by atoms with Crippen LogP contribution in [0.5, 0.6) is 0 Å². The Kier molecular flexibility index (Phi) is 7.82. The molecule has 0 radical (unpaired) electrons. The number of nitrogens with zero attached hydrogens (tertiary/aromatic N) is 2. The molecule has 6 rings (SSSR count). The number of carbonyl (C=O) groups is 4. The summed E-state index contributed by atoms with van der Waals surface area (Å²) in [6.07, 6.45) is -0.144. The molecular formula is C32H24N4O8. The molecule has 0 bridgehead atoms. The molecule has 12 heteroatoms. The third kappa shape index (κ3) is 5.09. The van der Waals surface area contributed by atoms with E-state index in [-0.39, 0.29) is 35.7 Å². The van der Waals surface area contributed by atoms with Crippen LogP contribution in [0, 0.1) is 20.2 Å². The molecule has 4 amide bonds. The van der Waals surface area contributed by atoms with Crippen LogP contribution in [0.2, 0.25) is 0 Å². The molecule has 220 valence electrons. The fraction of sp³-hybridized carbons (Fsp3) is 0.125. The fourth-order valence-electron chi connectivity index (χ4n) is 5.74. The molecule has 2 fully saturated rings. The van der Waals surface area contributed by atoms with E-state index in [0.29, 0.717) is 16.7 Å². The van der Waals surface area contributed by atoms with E-state index in [2.05, 4.69) is 10.6 Å². The number of nitrogens with one attached hydrogen (secondary N) is 2. The summed E-state index contributed by atoms with van der Waals surface area (Å²) in [4.78, 5) is 69.6. The molecule has 44 heavy (non-hydrogen) atoms. The molecule has 0 saturated carbocycles. The van der Waals surface area contributed by atoms with E-state index < -0.39 is 38.4 Å². The molecule has 2 N–H and O–H groups in total. The van der Waals surface area contributed by atoms with Crippen molar-refractivity contribution in [3.05, 3.63) is 152 Å². The minimum Gasteiger partial charge on any atom is -0.295 e. The first-order chi connectivity index (χ1) is 21.1. The molecule has 2 saturated heterocycles. The number of para-hydroxylation sites is 1. The van der Waals surface area contributed by atoms with Crippen LogP contribution in [0.3, 0.4) is 0 Å². The standard InChI is InChI=1S/2C16H12N2O4/c19-14-10-16(15(20)17-14,11-6-2-1-3-7-11)12-8-4-5-9-13(12)18(21)22;19-14-10-16(15(20)17-14,11-4-2-1-3-5-11)12-6-8-13(9-7-12)18(21)22/h2*1-9H,10H2,(H,17,19,20). The highest BCUT2D eigenvalue weighted by Gasteiger charge is 2.52. The summed E-state index contributed by atoms with van der Waals surface area (Å²) < 4.78 is 0. The van der Waals surface area contributed by atoms with Crippen molar-refractivity contribution in [2.45, 2.75) is 23.7 Å². The largest absolute Gasteiger partial charge is 0.295 e. The lowest BCUT2D eigenvalue weighted by Crippen LogP contribution is -2.37. The van der Waals surface area contributed by atoms with Gasteiger partial charge < -0.3 is 0 Å². The maximum atomic E-state index is 12.5. The number of nitro benzene ring substituents is 2. The molecular weight excluding hydrogens is 568 g/mol. The van der Waals surface area contributed by atoms with Crippen LogP contribution < -0.4 is 10.6 Å². The molecule has 2 unspecified atom stereocenters. The Bertz CT molecular complexity index is 1790. The first kappa shape index (κ1) is 29.5. The average molecular weight is 593 g/mol. The molecule has 2 heterocycles. The second kappa shape index (κ2) is 11.7. The predicted molar refractivity (Wildman–Crippen MR) is 156 cm³/mol. The molecule has 4 aromatic carbocycles. The number of hydrogen-bond acceptors (Lipinski definition) is 8. The van der Waals surface area contributed by atoms with Crippen LogP contribution in [0.25, 0.3) is 0 Å². The van der Waals surface area contributed by atoms with Crippen molar-refractivity contribution < 1.29 is 29.0 Å². The van der Waals surface area contributed by atoms with Gasteiger partial charge in [0.1, 0.15) is 10.8 Å². The number of hydrogen-bond donors (Lipinski definition) is 2. The average Bonchev–Trinajstić information content (AvgIpc) is 3.52. The number of imide groups is 2. The maximum absolute atomic E-state index is 12.5. The van der Waals surface area contributed by atoms with E-state index in [9.17, 15) is 39.4 Å². The van der Waals surface area contributed by atoms with Crippen LogP contribution in [0.4, 0.5) is 11.4 Å². The Labute approximate surface area is 250 Å². The van der Waals surface area contributed by atoms with Gasteiger partial charge in [-0.05, 0) is 16.7 Å². The SMILES string of the molecule is O=C1CC(c2ccccc2)(c2ccc([N+](=O)[O-])cc2)C(=O)N1.O=C1CC(c2ccccc2)(c2ccccc2[N+](=O)[O-])C(=O)N1. The fourth-order valence-corrected chi connectivity index (χ4v) is 5.74. The predicted octanol–water partition coefficient (Wildman–Crippen LogP) is 3.85. The Morgan fingerprint density at radius 2 is 0.955 bits per heavy atom. The minimum atomic E-state index is -1.36. The molecule has 12 nitrogen and oxygen atoms in total. The van der Waals surface area contributed by atoms with Crippen LogP contribution in [0.15, 0.2) is 109 Å². The van der Waals surface area contributed by atoms with Crippen molar-refractivity contribution in [3.8, 4) is 0 Å². The maximum Gasteiger partial charge on any atom is 0.274 e. The monoisotopic (exact) mass is 592 g/mol. The highest BCUT2D eigenvalue weighted by atomic mass is 16.6. The third-order valence-electron chi connectivity index (χ3n) is 7.80. The number of amides is 4. The number of rotatable bonds is 6. The van der Waals surface area contributed by atoms with Crippen molar-refractivity contribution in [2.75, 3.05) is 0 Å². The highest BCUT2D eigenvalue weighted by Crippen LogP contribution is 2.43. The normalized spacial score (nSPS) is 20.7. The van der Waals surface area contributed by atoms with Gasteiger partial charge in [0.2, 0.25) is 23.6 Å². The van der Waals surface area contributed by atoms with E-state index in [1.54, 1.807) is 60.7 Å². The number of nitro groups is 2. The molecule has 4 aromatic rings. The summed E-state index contributed by atoms with van der Waals surface area (Å²) >= 11 is 0. The molecule has 0 aliphatic carbocycles. The molecule has 2 atom stereocenters. The number of carbonyl (C=O) groups excluding carboxylic acids is 4. The number of non-ortho nitro benzene ring substituents is 1. The second-order valence-electron chi connectivity index (χ2n) is 10.2. The van der Waals surface area contributed by atoms with Gasteiger partial charge in [0.15, 0.2) is 0 Å². The summed E-state index contributed by atoms with van der Waals surface area (Å²) in [5.41, 5.74) is -0.676. The quantitative estimate of drug-likeness (QED) is 0.192. The van der Waals surface area contributed by atoms with Crippen LogP contribution in [-0.2, 0) is 30.0 Å². The van der Waals surface area contributed by atoms with E-state index in [0.717, 1.165) is 0 Å². The van der Waals surface area contributed by atoms with Gasteiger partial charge in [-0.1, -0.05) is 91.0 Å². The van der Waals surface area contributed by atoms with Crippen molar-refractivity contribution in [1.82, 2.24) is 10.6 Å². The smallest absolute Gasteiger partial charge is 0.274 e. The van der Waals surface area contributed by atoms with Gasteiger partial charge in [0, 0.05) is 31.0 Å². The Morgan fingerprint density at radius 3 is 1.41 bits per heavy atom. The lowest BCUT2D eigenvalue weighted by molar-refractivity contribution is -0.385. The Hall–Kier alpha value is -6.04. The third-order valence-corrected chi connectivity index (χ3v) is 7.80. The first-order valence-corrected chi connectivity index (χ1v) is 13.4. The molecule has 0 aromatic heterocycles. The van der Waals surface area contributed by atoms with E-state index in [4.69, 9.17) is 0 Å². The summed E-state index contributed by atoms with van der Waals surface area (Å²) in [5.74, 6) is -1.73. The lowest BCUT2D eigenvalue weighted by atomic mass is 9.72. The van der Waals surface area contributed by atoms with E-state index in [1.165, 1.54) is 42.5 Å². The summed E-state index contributed by atoms with van der Waals surface area (Å²) in [6.45, 7) is 0. The van der Waals surface area contributed by atoms with Crippen molar-refractivity contribution in [2.24, 2.45) is 0 Å². The van der Waals surface area contributed by atoms with Gasteiger partial charge >= 0.3 is 0 Å². The lowest BCUT2D eigenvalue weighted by Gasteiger charge is -2.26. The van der Waals surface area contributed by atoms with Gasteiger partial charge in [-0.3, -0.25) is 50.0 Å². The summed E-state index contributed by atoms with van der Waals surface area (Å²) in [7, 11) is 0. The van der Waals surface area contributed by atoms with Crippen molar-refractivity contribution in [1.29, 1.82) is 0 Å². The van der Waals surface area contributed by atoms with Crippen molar-refractivity contribution in [3.63, 3.8) is 0 Å². The van der Waals surface area contributed by atoms with Gasteiger partial charge in [-0.2, -0.15) is 0 Å². The van der Waals surface area contributed by atoms with E-state index in [1.807, 2.05) is 6.07 Å². The second-order valence-corrected chi connectivity index (χ2v) is 10.2. The van der Waals surface area contributed by atoms with Gasteiger partial charge in [0.25, 0.3) is 11.4 Å². The van der Waals surface area contributed by atoms with Gasteiger partial charge in [0.05, 0.1) is 15.4 Å². The van der Waals surface area contributed by atoms with Crippen LogP contribution in [-0.4, -0.2) is 33.5 Å². The zero-order valence-corrected chi connectivity index (χ0v) is 23.0. The number of benzene rings is 4. The zero-order chi connectivity index (χ0) is 31.5. The Balaban J connectivity index is 0.000000175. The summed E-state index contributed by atoms with van der Waals surface area (Å²) in [5, 5.41) is 26.7. The van der Waals surface area contributed by atoms with Crippen molar-refractivity contribution >= 4 is 35.0 Å².